The summed E-state index contributed by atoms with van der Waals surface area (Å²) in [6.45, 7) is 1.54. The van der Waals surface area contributed by atoms with Gasteiger partial charge in [0.2, 0.25) is 10.0 Å². The molecular weight excluding hydrogens is 350 g/mol. The highest BCUT2D eigenvalue weighted by Crippen LogP contribution is 2.25. The molecule has 3 rings (SSSR count). The monoisotopic (exact) mass is 367 g/mol. The molecule has 0 aliphatic carbocycles. The van der Waals surface area contributed by atoms with Crippen molar-refractivity contribution in [2.45, 2.75) is 11.4 Å². The first-order chi connectivity index (χ1) is 10.3. The number of aromatic nitrogens is 1. The predicted octanol–water partition coefficient (Wildman–Crippen LogP) is -1.25. The summed E-state index contributed by atoms with van der Waals surface area (Å²) in [4.78, 5) is 6.19. The maximum atomic E-state index is 12.5. The van der Waals surface area contributed by atoms with Gasteiger partial charge in [-0.2, -0.15) is 4.31 Å². The molecular formula is C11H17N3O5S3. The van der Waals surface area contributed by atoms with Crippen molar-refractivity contribution >= 4 is 36.3 Å². The zero-order valence-corrected chi connectivity index (χ0v) is 14.1. The van der Waals surface area contributed by atoms with Crippen LogP contribution in [0.3, 0.4) is 0 Å². The van der Waals surface area contributed by atoms with E-state index in [1.165, 1.54) is 15.6 Å². The molecule has 2 aliphatic rings. The van der Waals surface area contributed by atoms with Gasteiger partial charge in [0.1, 0.15) is 5.25 Å². The molecule has 0 saturated carbocycles. The van der Waals surface area contributed by atoms with Crippen LogP contribution in [0.5, 0.6) is 0 Å². The van der Waals surface area contributed by atoms with Crippen molar-refractivity contribution in [3.63, 3.8) is 0 Å². The van der Waals surface area contributed by atoms with Gasteiger partial charge in [0.25, 0.3) is 0 Å². The first kappa shape index (κ1) is 16.1. The number of sulfonamides is 1. The number of aliphatic hydroxyl groups is 1. The summed E-state index contributed by atoms with van der Waals surface area (Å²) in [7, 11) is -7.30. The topological polar surface area (TPSA) is 108 Å². The number of aliphatic hydroxyl groups excluding tert-OH is 1. The van der Waals surface area contributed by atoms with Crippen LogP contribution in [0.15, 0.2) is 11.6 Å². The largest absolute Gasteiger partial charge is 0.391 e. The lowest BCUT2D eigenvalue weighted by Gasteiger charge is -2.35. The van der Waals surface area contributed by atoms with Gasteiger partial charge in [0, 0.05) is 37.8 Å². The van der Waals surface area contributed by atoms with Crippen molar-refractivity contribution in [3.05, 3.63) is 11.6 Å². The van der Waals surface area contributed by atoms with E-state index in [0.717, 1.165) is 5.13 Å². The lowest BCUT2D eigenvalue weighted by atomic mass is 10.3. The van der Waals surface area contributed by atoms with Crippen LogP contribution in [-0.2, 0) is 19.9 Å². The highest BCUT2D eigenvalue weighted by Gasteiger charge is 2.47. The molecule has 2 unspecified atom stereocenters. The summed E-state index contributed by atoms with van der Waals surface area (Å²) in [5.41, 5.74) is 0. The molecule has 2 atom stereocenters. The summed E-state index contributed by atoms with van der Waals surface area (Å²) in [5, 5.41) is 11.2. The van der Waals surface area contributed by atoms with Crippen molar-refractivity contribution in [2.24, 2.45) is 0 Å². The van der Waals surface area contributed by atoms with Crippen LogP contribution in [0.25, 0.3) is 0 Å². The lowest BCUT2D eigenvalue weighted by molar-refractivity contribution is 0.200. The fourth-order valence-corrected chi connectivity index (χ4v) is 8.07. The zero-order chi connectivity index (χ0) is 16.0. The van der Waals surface area contributed by atoms with Crippen LogP contribution in [0, 0.1) is 0 Å². The van der Waals surface area contributed by atoms with Crippen molar-refractivity contribution in [2.75, 3.05) is 42.6 Å². The van der Waals surface area contributed by atoms with Crippen molar-refractivity contribution in [1.29, 1.82) is 0 Å². The van der Waals surface area contributed by atoms with Gasteiger partial charge in [0.15, 0.2) is 15.0 Å². The summed E-state index contributed by atoms with van der Waals surface area (Å²) in [5.74, 6) is -0.973. The number of sulfone groups is 1. The number of thiazole rings is 1. The van der Waals surface area contributed by atoms with E-state index in [1.807, 2.05) is 10.3 Å². The Kier molecular flexibility index (Phi) is 4.18. The molecule has 11 heteroatoms. The second kappa shape index (κ2) is 5.71. The maximum Gasteiger partial charge on any atom is 0.220 e. The van der Waals surface area contributed by atoms with Crippen LogP contribution >= 0.6 is 11.3 Å². The van der Waals surface area contributed by atoms with E-state index >= 15 is 0 Å². The van der Waals surface area contributed by atoms with Crippen LogP contribution in [0.2, 0.25) is 0 Å². The molecule has 3 heterocycles. The predicted molar refractivity (Wildman–Crippen MR) is 83.3 cm³/mol. The number of hydrogen-bond acceptors (Lipinski definition) is 8. The molecule has 22 heavy (non-hydrogen) atoms. The quantitative estimate of drug-likeness (QED) is 0.711. The molecule has 124 valence electrons. The van der Waals surface area contributed by atoms with Gasteiger partial charge in [-0.05, 0) is 0 Å². The average molecular weight is 367 g/mol. The van der Waals surface area contributed by atoms with E-state index in [2.05, 4.69) is 4.98 Å². The summed E-state index contributed by atoms with van der Waals surface area (Å²) >= 11 is 1.49. The minimum atomic E-state index is -3.81. The van der Waals surface area contributed by atoms with Crippen molar-refractivity contribution in [3.8, 4) is 0 Å². The fraction of sp³-hybridized carbons (Fsp3) is 0.727. The molecule has 8 nitrogen and oxygen atoms in total. The van der Waals surface area contributed by atoms with Gasteiger partial charge in [0.05, 0.1) is 17.6 Å². The highest BCUT2D eigenvalue weighted by molar-refractivity contribution is 7.95. The van der Waals surface area contributed by atoms with Crippen LogP contribution in [-0.4, -0.2) is 80.3 Å². The number of hydrogen-bond donors (Lipinski definition) is 1. The van der Waals surface area contributed by atoms with Crippen LogP contribution in [0.1, 0.15) is 0 Å². The van der Waals surface area contributed by atoms with E-state index in [0.29, 0.717) is 13.1 Å². The summed E-state index contributed by atoms with van der Waals surface area (Å²) in [6, 6.07) is 0. The third-order valence-electron chi connectivity index (χ3n) is 3.94. The standard InChI is InChI=1S/C11H17N3O5S3/c15-9-7-21(16,17)8-10(9)22(18,19)14-4-2-13(3-5-14)11-12-1-6-20-11/h1,6,9-10,15H,2-5,7-8H2. The Labute approximate surface area is 133 Å². The molecule has 0 radical (unpaired) electrons. The Morgan fingerprint density at radius 3 is 2.41 bits per heavy atom. The molecule has 0 aromatic carbocycles. The minimum Gasteiger partial charge on any atom is -0.391 e. The average Bonchev–Trinajstić information content (AvgIpc) is 3.06. The number of anilines is 1. The molecule has 2 fully saturated rings. The van der Waals surface area contributed by atoms with Gasteiger partial charge in [-0.25, -0.2) is 21.8 Å². The second-order valence-electron chi connectivity index (χ2n) is 5.43. The molecule has 1 aromatic rings. The lowest BCUT2D eigenvalue weighted by Crippen LogP contribution is -2.53. The maximum absolute atomic E-state index is 12.5. The molecule has 2 saturated heterocycles. The second-order valence-corrected chi connectivity index (χ2v) is 10.6. The first-order valence-electron chi connectivity index (χ1n) is 6.81. The van der Waals surface area contributed by atoms with Gasteiger partial charge >= 0.3 is 0 Å². The Balaban J connectivity index is 1.70. The number of rotatable bonds is 3. The van der Waals surface area contributed by atoms with E-state index in [9.17, 15) is 21.9 Å². The van der Waals surface area contributed by atoms with Crippen LogP contribution in [0.4, 0.5) is 5.13 Å². The Bertz CT molecular complexity index is 723. The van der Waals surface area contributed by atoms with E-state index in [-0.39, 0.29) is 13.1 Å². The molecule has 0 bridgehead atoms. The molecule has 2 aliphatic heterocycles. The minimum absolute atomic E-state index is 0.269. The number of piperazine rings is 1. The normalized spacial score (nSPS) is 29.8. The molecule has 1 aromatic heterocycles. The number of nitrogens with zero attached hydrogens (tertiary/aromatic N) is 3. The summed E-state index contributed by atoms with van der Waals surface area (Å²) in [6.07, 6.45) is 0.357. The zero-order valence-electron chi connectivity index (χ0n) is 11.7. The third kappa shape index (κ3) is 3.00. The van der Waals surface area contributed by atoms with E-state index in [4.69, 9.17) is 0 Å². The third-order valence-corrected chi connectivity index (χ3v) is 9.03. The van der Waals surface area contributed by atoms with Crippen molar-refractivity contribution < 1.29 is 21.9 Å². The SMILES string of the molecule is O=S1(=O)CC(O)C(S(=O)(=O)N2CCN(c3nccs3)CC2)C1. The van der Waals surface area contributed by atoms with E-state index < -0.39 is 42.7 Å². The highest BCUT2D eigenvalue weighted by atomic mass is 32.2. The molecule has 0 amide bonds. The van der Waals surface area contributed by atoms with Gasteiger partial charge in [-0.1, -0.05) is 0 Å². The van der Waals surface area contributed by atoms with Gasteiger partial charge in [-0.3, -0.25) is 0 Å². The van der Waals surface area contributed by atoms with Gasteiger partial charge < -0.3 is 10.0 Å². The molecule has 1 N–H and O–H groups in total. The fourth-order valence-electron chi connectivity index (χ4n) is 2.78. The Morgan fingerprint density at radius 2 is 1.91 bits per heavy atom. The Hall–Kier alpha value is -0.750. The van der Waals surface area contributed by atoms with Gasteiger partial charge in [-0.15, -0.1) is 11.3 Å². The summed E-state index contributed by atoms with van der Waals surface area (Å²) < 4.78 is 49.4. The first-order valence-corrected chi connectivity index (χ1v) is 11.0. The Morgan fingerprint density at radius 1 is 1.23 bits per heavy atom. The molecule has 0 spiro atoms. The smallest absolute Gasteiger partial charge is 0.220 e. The van der Waals surface area contributed by atoms with Crippen LogP contribution < -0.4 is 4.90 Å². The van der Waals surface area contributed by atoms with Crippen molar-refractivity contribution in [1.82, 2.24) is 9.29 Å². The van der Waals surface area contributed by atoms with E-state index in [1.54, 1.807) is 6.20 Å².